The molecule has 0 amide bonds. The van der Waals surface area contributed by atoms with Crippen molar-refractivity contribution in [3.05, 3.63) is 35.4 Å². The molecule has 0 heterocycles. The van der Waals surface area contributed by atoms with Crippen LogP contribution in [0.25, 0.3) is 0 Å². The summed E-state index contributed by atoms with van der Waals surface area (Å²) in [5.74, 6) is 0.753. The summed E-state index contributed by atoms with van der Waals surface area (Å²) < 4.78 is 0. The molecule has 2 nitrogen and oxygen atoms in total. The molecule has 2 rings (SSSR count). The molecule has 0 bridgehead atoms. The number of benzene rings is 1. The molecule has 1 aromatic carbocycles. The largest absolute Gasteiger partial charge is 0.315 e. The summed E-state index contributed by atoms with van der Waals surface area (Å²) in [5, 5.41) is 3.55. The second-order valence-corrected chi connectivity index (χ2v) is 4.70. The molecular formula is C14H22N2. The maximum atomic E-state index is 3.55. The fraction of sp³-hybridized carbons (Fsp3) is 0.571. The Morgan fingerprint density at radius 1 is 1.38 bits per heavy atom. The van der Waals surface area contributed by atoms with Crippen LogP contribution in [0, 0.1) is 0 Å². The first-order chi connectivity index (χ1) is 7.81. The monoisotopic (exact) mass is 218 g/mol. The molecule has 1 N–H and O–H groups in total. The Bertz CT molecular complexity index is 335. The molecule has 0 saturated heterocycles. The Kier molecular flexibility index (Phi) is 3.97. The zero-order chi connectivity index (χ0) is 11.4. The molecule has 16 heavy (non-hydrogen) atoms. The van der Waals surface area contributed by atoms with Gasteiger partial charge in [-0.25, -0.2) is 0 Å². The number of rotatable bonds is 6. The van der Waals surface area contributed by atoms with Crippen molar-refractivity contribution in [3.63, 3.8) is 0 Å². The van der Waals surface area contributed by atoms with E-state index in [0.717, 1.165) is 32.1 Å². The van der Waals surface area contributed by atoms with Crippen molar-refractivity contribution >= 4 is 0 Å². The van der Waals surface area contributed by atoms with Gasteiger partial charge in [0.05, 0.1) is 0 Å². The van der Waals surface area contributed by atoms with Gasteiger partial charge in [0, 0.05) is 25.6 Å². The quantitative estimate of drug-likeness (QED) is 0.733. The van der Waals surface area contributed by atoms with Crippen LogP contribution in [-0.2, 0) is 6.42 Å². The Morgan fingerprint density at radius 3 is 2.94 bits per heavy atom. The van der Waals surface area contributed by atoms with E-state index in [4.69, 9.17) is 0 Å². The third-order valence-corrected chi connectivity index (χ3v) is 3.56. The highest BCUT2D eigenvalue weighted by atomic mass is 15.1. The van der Waals surface area contributed by atoms with Crippen molar-refractivity contribution in [3.8, 4) is 0 Å². The Hall–Kier alpha value is -0.860. The van der Waals surface area contributed by atoms with Crippen molar-refractivity contribution in [1.29, 1.82) is 0 Å². The second-order valence-electron chi connectivity index (χ2n) is 4.70. The molecule has 1 atom stereocenters. The summed E-state index contributed by atoms with van der Waals surface area (Å²) >= 11 is 0. The first-order valence-electron chi connectivity index (χ1n) is 6.28. The van der Waals surface area contributed by atoms with Gasteiger partial charge >= 0.3 is 0 Å². The van der Waals surface area contributed by atoms with Crippen LogP contribution < -0.4 is 5.32 Å². The predicted molar refractivity (Wildman–Crippen MR) is 68.9 cm³/mol. The summed E-state index contributed by atoms with van der Waals surface area (Å²) in [6.07, 6.45) is 1.26. The molecule has 0 radical (unpaired) electrons. The van der Waals surface area contributed by atoms with Gasteiger partial charge in [-0.15, -0.1) is 0 Å². The third kappa shape index (κ3) is 2.63. The minimum absolute atomic E-state index is 0.753. The van der Waals surface area contributed by atoms with Gasteiger partial charge in [0.15, 0.2) is 0 Å². The number of hydrogen-bond donors (Lipinski definition) is 1. The lowest BCUT2D eigenvalue weighted by atomic mass is 9.78. The van der Waals surface area contributed by atoms with Crippen molar-refractivity contribution in [2.24, 2.45) is 0 Å². The highest BCUT2D eigenvalue weighted by Crippen LogP contribution is 2.33. The predicted octanol–water partition coefficient (Wildman–Crippen LogP) is 1.87. The maximum absolute atomic E-state index is 3.55. The average molecular weight is 218 g/mol. The van der Waals surface area contributed by atoms with Crippen LogP contribution in [0.1, 0.15) is 24.0 Å². The highest BCUT2D eigenvalue weighted by molar-refractivity contribution is 5.40. The topological polar surface area (TPSA) is 15.3 Å². The molecule has 0 saturated carbocycles. The molecule has 0 fully saturated rings. The van der Waals surface area contributed by atoms with Gasteiger partial charge in [0.25, 0.3) is 0 Å². The average Bonchev–Trinajstić information content (AvgIpc) is 2.29. The SMILES string of the molecule is CCN(C)CCNCC1Cc2ccccc21. The first-order valence-corrected chi connectivity index (χ1v) is 6.28. The molecule has 1 aliphatic rings. The normalized spacial score (nSPS) is 18.3. The summed E-state index contributed by atoms with van der Waals surface area (Å²) in [4.78, 5) is 2.34. The number of likely N-dealkylation sites (N-methyl/N-ethyl adjacent to an activating group) is 1. The Morgan fingerprint density at radius 2 is 2.19 bits per heavy atom. The first kappa shape index (κ1) is 11.6. The fourth-order valence-electron chi connectivity index (χ4n) is 2.25. The lowest BCUT2D eigenvalue weighted by Gasteiger charge is -2.30. The van der Waals surface area contributed by atoms with E-state index in [-0.39, 0.29) is 0 Å². The van der Waals surface area contributed by atoms with Crippen LogP contribution in [0.3, 0.4) is 0 Å². The second kappa shape index (κ2) is 5.46. The number of nitrogens with zero attached hydrogens (tertiary/aromatic N) is 1. The highest BCUT2D eigenvalue weighted by Gasteiger charge is 2.24. The van der Waals surface area contributed by atoms with E-state index < -0.39 is 0 Å². The summed E-state index contributed by atoms with van der Waals surface area (Å²) in [6, 6.07) is 8.80. The smallest absolute Gasteiger partial charge is 0.0104 e. The number of nitrogens with one attached hydrogen (secondary N) is 1. The summed E-state index contributed by atoms with van der Waals surface area (Å²) in [5.41, 5.74) is 3.10. The van der Waals surface area contributed by atoms with Gasteiger partial charge in [0.1, 0.15) is 0 Å². The van der Waals surface area contributed by atoms with E-state index in [1.54, 1.807) is 11.1 Å². The van der Waals surface area contributed by atoms with E-state index in [1.165, 1.54) is 6.42 Å². The van der Waals surface area contributed by atoms with Crippen molar-refractivity contribution in [2.75, 3.05) is 33.2 Å². The van der Waals surface area contributed by atoms with Gasteiger partial charge in [0.2, 0.25) is 0 Å². The van der Waals surface area contributed by atoms with Crippen LogP contribution in [0.15, 0.2) is 24.3 Å². The van der Waals surface area contributed by atoms with Gasteiger partial charge in [-0.2, -0.15) is 0 Å². The van der Waals surface area contributed by atoms with Crippen LogP contribution in [0.2, 0.25) is 0 Å². The number of fused-ring (bicyclic) bond motifs is 1. The lowest BCUT2D eigenvalue weighted by Crippen LogP contribution is -2.34. The Balaban J connectivity index is 1.66. The van der Waals surface area contributed by atoms with E-state index in [1.807, 2.05) is 0 Å². The van der Waals surface area contributed by atoms with E-state index >= 15 is 0 Å². The van der Waals surface area contributed by atoms with Gasteiger partial charge in [-0.3, -0.25) is 0 Å². The molecule has 1 unspecified atom stereocenters. The van der Waals surface area contributed by atoms with Gasteiger partial charge in [-0.1, -0.05) is 31.2 Å². The molecule has 0 spiro atoms. The number of hydrogen-bond acceptors (Lipinski definition) is 2. The summed E-state index contributed by atoms with van der Waals surface area (Å²) in [7, 11) is 2.17. The maximum Gasteiger partial charge on any atom is 0.0104 e. The molecule has 0 aromatic heterocycles. The van der Waals surface area contributed by atoms with E-state index in [0.29, 0.717) is 0 Å². The van der Waals surface area contributed by atoms with Gasteiger partial charge < -0.3 is 10.2 Å². The third-order valence-electron chi connectivity index (χ3n) is 3.56. The molecule has 1 aromatic rings. The van der Waals surface area contributed by atoms with Crippen LogP contribution >= 0.6 is 0 Å². The van der Waals surface area contributed by atoms with Crippen molar-refractivity contribution in [1.82, 2.24) is 10.2 Å². The van der Waals surface area contributed by atoms with E-state index in [2.05, 4.69) is 48.5 Å². The van der Waals surface area contributed by atoms with Crippen LogP contribution in [0.5, 0.6) is 0 Å². The minimum Gasteiger partial charge on any atom is -0.315 e. The fourth-order valence-corrected chi connectivity index (χ4v) is 2.25. The summed E-state index contributed by atoms with van der Waals surface area (Å²) in [6.45, 7) is 6.71. The molecule has 2 heteroatoms. The van der Waals surface area contributed by atoms with Crippen molar-refractivity contribution < 1.29 is 0 Å². The van der Waals surface area contributed by atoms with Gasteiger partial charge in [-0.05, 0) is 31.1 Å². The van der Waals surface area contributed by atoms with Crippen LogP contribution in [0.4, 0.5) is 0 Å². The molecule has 0 aliphatic heterocycles. The van der Waals surface area contributed by atoms with Crippen LogP contribution in [-0.4, -0.2) is 38.1 Å². The minimum atomic E-state index is 0.753. The molecule has 1 aliphatic carbocycles. The molecular weight excluding hydrogens is 196 g/mol. The lowest BCUT2D eigenvalue weighted by molar-refractivity contribution is 0.346. The standard InChI is InChI=1S/C14H22N2/c1-3-16(2)9-8-15-11-13-10-12-6-4-5-7-14(12)13/h4-7,13,15H,3,8-11H2,1-2H3. The zero-order valence-corrected chi connectivity index (χ0v) is 10.4. The zero-order valence-electron chi connectivity index (χ0n) is 10.4. The van der Waals surface area contributed by atoms with E-state index in [9.17, 15) is 0 Å². The molecule has 88 valence electrons. The Labute approximate surface area is 98.7 Å². The van der Waals surface area contributed by atoms with Crippen molar-refractivity contribution in [2.45, 2.75) is 19.3 Å².